The molecule has 0 aliphatic rings. The van der Waals surface area contributed by atoms with Gasteiger partial charge in [0, 0.05) is 22.3 Å². The van der Waals surface area contributed by atoms with Crippen LogP contribution in [0.1, 0.15) is 11.3 Å². The Kier molecular flexibility index (Phi) is 3.10. The smallest absolute Gasteiger partial charge is 0.145 e. The van der Waals surface area contributed by atoms with E-state index in [1.54, 1.807) is 18.2 Å². The molecule has 0 fully saturated rings. The number of aromatic nitrogens is 2. The average Bonchev–Trinajstić information content (AvgIpc) is 2.63. The number of nitrogens with two attached hydrogens (primary N) is 1. The Morgan fingerprint density at radius 1 is 1.38 bits per heavy atom. The van der Waals surface area contributed by atoms with Crippen LogP contribution in [-0.4, -0.2) is 10.2 Å². The molecule has 0 bridgehead atoms. The summed E-state index contributed by atoms with van der Waals surface area (Å²) in [6.07, 6.45) is 1.15. The van der Waals surface area contributed by atoms with Crippen molar-refractivity contribution in [2.75, 3.05) is 5.73 Å². The second kappa shape index (κ2) is 4.53. The lowest BCUT2D eigenvalue weighted by molar-refractivity contribution is 0.608. The van der Waals surface area contributed by atoms with E-state index in [4.69, 9.17) is 17.3 Å². The first-order chi connectivity index (χ1) is 7.66. The molecule has 1 aromatic carbocycles. The number of benzene rings is 1. The summed E-state index contributed by atoms with van der Waals surface area (Å²) < 4.78 is 13.4. The van der Waals surface area contributed by atoms with Crippen molar-refractivity contribution < 1.29 is 4.39 Å². The molecule has 16 heavy (non-hydrogen) atoms. The van der Waals surface area contributed by atoms with Crippen LogP contribution in [0.2, 0.25) is 5.02 Å². The van der Waals surface area contributed by atoms with Crippen molar-refractivity contribution in [3.63, 3.8) is 0 Å². The first-order valence-electron chi connectivity index (χ1n) is 4.89. The molecular weight excluding hydrogens is 229 g/mol. The molecule has 0 aliphatic carbocycles. The van der Waals surface area contributed by atoms with Crippen LogP contribution in [0.3, 0.4) is 0 Å². The van der Waals surface area contributed by atoms with E-state index in [2.05, 4.69) is 10.2 Å². The molecule has 0 atom stereocenters. The summed E-state index contributed by atoms with van der Waals surface area (Å²) in [7, 11) is 0. The summed E-state index contributed by atoms with van der Waals surface area (Å²) in [6, 6.07) is 6.41. The minimum absolute atomic E-state index is 0.278. The van der Waals surface area contributed by atoms with Crippen molar-refractivity contribution in [2.45, 2.75) is 12.8 Å². The Morgan fingerprint density at radius 2 is 2.19 bits per heavy atom. The van der Waals surface area contributed by atoms with E-state index in [0.29, 0.717) is 29.2 Å². The van der Waals surface area contributed by atoms with Gasteiger partial charge < -0.3 is 5.73 Å². The Balaban J connectivity index is 2.10. The summed E-state index contributed by atoms with van der Waals surface area (Å²) in [4.78, 5) is 0. The van der Waals surface area contributed by atoms with E-state index in [9.17, 15) is 4.39 Å². The number of nitrogens with zero attached hydrogens (tertiary/aromatic N) is 1. The molecule has 3 nitrogen and oxygen atoms in total. The number of aromatic amines is 1. The van der Waals surface area contributed by atoms with Gasteiger partial charge in [0.2, 0.25) is 0 Å². The summed E-state index contributed by atoms with van der Waals surface area (Å²) in [5.41, 5.74) is 6.86. The van der Waals surface area contributed by atoms with Gasteiger partial charge in [0.1, 0.15) is 11.6 Å². The van der Waals surface area contributed by atoms with Gasteiger partial charge in [-0.3, -0.25) is 5.10 Å². The van der Waals surface area contributed by atoms with Crippen LogP contribution in [-0.2, 0) is 12.8 Å². The van der Waals surface area contributed by atoms with Gasteiger partial charge in [0.15, 0.2) is 0 Å². The van der Waals surface area contributed by atoms with Crippen molar-refractivity contribution in [1.82, 2.24) is 10.2 Å². The number of aryl methyl sites for hydroxylation is 1. The topological polar surface area (TPSA) is 54.7 Å². The highest BCUT2D eigenvalue weighted by molar-refractivity contribution is 6.31. The summed E-state index contributed by atoms with van der Waals surface area (Å²) in [5.74, 6) is 0.162. The Hall–Kier alpha value is -1.55. The molecule has 0 unspecified atom stereocenters. The van der Waals surface area contributed by atoms with Gasteiger partial charge in [-0.1, -0.05) is 17.7 Å². The molecule has 2 rings (SSSR count). The number of rotatable bonds is 3. The Morgan fingerprint density at radius 3 is 2.81 bits per heavy atom. The first-order valence-corrected chi connectivity index (χ1v) is 5.27. The highest BCUT2D eigenvalue weighted by atomic mass is 35.5. The van der Waals surface area contributed by atoms with Gasteiger partial charge in [0.25, 0.3) is 0 Å². The zero-order chi connectivity index (χ0) is 11.5. The number of nitrogens with one attached hydrogen (secondary N) is 1. The zero-order valence-corrected chi connectivity index (χ0v) is 9.26. The predicted molar refractivity (Wildman–Crippen MR) is 61.8 cm³/mol. The molecule has 1 heterocycles. The lowest BCUT2D eigenvalue weighted by Crippen LogP contribution is -1.96. The number of nitrogen functional groups attached to an aromatic ring is 1. The van der Waals surface area contributed by atoms with Gasteiger partial charge in [0.05, 0.1) is 0 Å². The predicted octanol–water partition coefficient (Wildman–Crippen LogP) is 2.57. The number of H-pyrrole nitrogens is 1. The summed E-state index contributed by atoms with van der Waals surface area (Å²) in [5, 5.41) is 7.03. The van der Waals surface area contributed by atoms with Crippen LogP contribution in [0.5, 0.6) is 0 Å². The molecular formula is C11H11ClFN3. The van der Waals surface area contributed by atoms with E-state index in [1.807, 2.05) is 0 Å². The fourth-order valence-corrected chi connectivity index (χ4v) is 1.80. The SMILES string of the molecule is Nc1cc(CCc2c(F)cccc2Cl)[nH]n1. The monoisotopic (exact) mass is 239 g/mol. The van der Waals surface area contributed by atoms with Crippen LogP contribution in [0, 0.1) is 5.82 Å². The third-order valence-electron chi connectivity index (χ3n) is 2.36. The van der Waals surface area contributed by atoms with E-state index < -0.39 is 0 Å². The van der Waals surface area contributed by atoms with Gasteiger partial charge in [-0.25, -0.2) is 4.39 Å². The van der Waals surface area contributed by atoms with Crippen LogP contribution in [0.15, 0.2) is 24.3 Å². The Labute approximate surface area is 97.4 Å². The largest absolute Gasteiger partial charge is 0.382 e. The summed E-state index contributed by atoms with van der Waals surface area (Å²) >= 11 is 5.91. The van der Waals surface area contributed by atoms with E-state index >= 15 is 0 Å². The maximum Gasteiger partial charge on any atom is 0.145 e. The highest BCUT2D eigenvalue weighted by Gasteiger charge is 2.07. The maximum absolute atomic E-state index is 13.4. The normalized spacial score (nSPS) is 10.6. The number of hydrogen-bond donors (Lipinski definition) is 2. The lowest BCUT2D eigenvalue weighted by atomic mass is 10.1. The molecule has 0 aliphatic heterocycles. The standard InChI is InChI=1S/C11H11ClFN3/c12-9-2-1-3-10(13)8(9)5-4-7-6-11(14)16-15-7/h1-3,6H,4-5H2,(H3,14,15,16). The third-order valence-corrected chi connectivity index (χ3v) is 2.71. The maximum atomic E-state index is 13.4. The minimum Gasteiger partial charge on any atom is -0.382 e. The molecule has 3 N–H and O–H groups in total. The van der Waals surface area contributed by atoms with Gasteiger partial charge in [-0.05, 0) is 25.0 Å². The quantitative estimate of drug-likeness (QED) is 0.865. The number of halogens is 2. The van der Waals surface area contributed by atoms with Crippen molar-refractivity contribution in [1.29, 1.82) is 0 Å². The molecule has 84 valence electrons. The molecule has 0 saturated heterocycles. The molecule has 5 heteroatoms. The molecule has 0 spiro atoms. The van der Waals surface area contributed by atoms with Crippen molar-refractivity contribution in [3.8, 4) is 0 Å². The number of anilines is 1. The van der Waals surface area contributed by atoms with Crippen LogP contribution in [0.25, 0.3) is 0 Å². The Bertz CT molecular complexity index is 475. The fraction of sp³-hybridized carbons (Fsp3) is 0.182. The second-order valence-electron chi connectivity index (χ2n) is 3.52. The van der Waals surface area contributed by atoms with E-state index in [0.717, 1.165) is 5.69 Å². The molecule has 0 radical (unpaired) electrons. The van der Waals surface area contributed by atoms with Crippen molar-refractivity contribution in [3.05, 3.63) is 46.4 Å². The van der Waals surface area contributed by atoms with Gasteiger partial charge in [-0.2, -0.15) is 5.10 Å². The van der Waals surface area contributed by atoms with Crippen LogP contribution < -0.4 is 5.73 Å². The van der Waals surface area contributed by atoms with Gasteiger partial charge in [-0.15, -0.1) is 0 Å². The van der Waals surface area contributed by atoms with Crippen molar-refractivity contribution >= 4 is 17.4 Å². The first kappa shape index (κ1) is 11.0. The molecule has 0 saturated carbocycles. The lowest BCUT2D eigenvalue weighted by Gasteiger charge is -2.04. The minimum atomic E-state index is -0.278. The van der Waals surface area contributed by atoms with E-state index in [1.165, 1.54) is 6.07 Å². The summed E-state index contributed by atoms with van der Waals surface area (Å²) in [6.45, 7) is 0. The number of hydrogen-bond acceptors (Lipinski definition) is 2. The van der Waals surface area contributed by atoms with Gasteiger partial charge >= 0.3 is 0 Å². The van der Waals surface area contributed by atoms with Crippen LogP contribution >= 0.6 is 11.6 Å². The van der Waals surface area contributed by atoms with Crippen LogP contribution in [0.4, 0.5) is 10.2 Å². The fourth-order valence-electron chi connectivity index (χ4n) is 1.54. The van der Waals surface area contributed by atoms with E-state index in [-0.39, 0.29) is 5.82 Å². The molecule has 2 aromatic rings. The molecule has 0 amide bonds. The molecule has 1 aromatic heterocycles. The highest BCUT2D eigenvalue weighted by Crippen LogP contribution is 2.20. The second-order valence-corrected chi connectivity index (χ2v) is 3.93. The van der Waals surface area contributed by atoms with Crippen molar-refractivity contribution in [2.24, 2.45) is 0 Å². The average molecular weight is 240 g/mol. The zero-order valence-electron chi connectivity index (χ0n) is 8.50. The third kappa shape index (κ3) is 2.33.